The first-order chi connectivity index (χ1) is 12.5. The average molecular weight is 398 g/mol. The van der Waals surface area contributed by atoms with Crippen molar-refractivity contribution in [2.24, 2.45) is 0 Å². The third kappa shape index (κ3) is 3.83. The number of aryl methyl sites for hydroxylation is 2. The van der Waals surface area contributed by atoms with Crippen LogP contribution in [0.25, 0.3) is 6.08 Å². The first-order valence-corrected chi connectivity index (χ1v) is 10.3. The molecule has 0 saturated heterocycles. The van der Waals surface area contributed by atoms with E-state index < -0.39 is 25.7 Å². The van der Waals surface area contributed by atoms with Crippen LogP contribution in [0.5, 0.6) is 0 Å². The molecule has 3 rings (SSSR count). The molecule has 3 N–H and O–H groups in total. The normalized spacial score (nSPS) is 17.6. The van der Waals surface area contributed by atoms with Crippen molar-refractivity contribution >= 4 is 19.6 Å². The van der Waals surface area contributed by atoms with Gasteiger partial charge in [-0.1, -0.05) is 12.2 Å². The number of nitrogens with zero attached hydrogens (tertiary/aromatic N) is 1. The summed E-state index contributed by atoms with van der Waals surface area (Å²) in [7, 11) is -4.18. The van der Waals surface area contributed by atoms with E-state index in [0.29, 0.717) is 22.5 Å². The van der Waals surface area contributed by atoms with Crippen molar-refractivity contribution in [3.63, 3.8) is 0 Å². The van der Waals surface area contributed by atoms with Crippen LogP contribution in [0, 0.1) is 13.8 Å². The summed E-state index contributed by atoms with van der Waals surface area (Å²) in [4.78, 5) is 29.4. The number of hydrogen-bond acceptors (Lipinski definition) is 2. The SMILES string of the molecule is Cc1cc(C)n2c1C=C1C=CC(CCC(=O)NCCP(=O)(O)O)=C1C2(F)F. The molecule has 2 heterocycles. The lowest BCUT2D eigenvalue weighted by atomic mass is 9.96. The van der Waals surface area contributed by atoms with Crippen molar-refractivity contribution in [2.75, 3.05) is 12.7 Å². The second-order valence-electron chi connectivity index (χ2n) is 6.80. The lowest BCUT2D eigenvalue weighted by Gasteiger charge is -2.29. The maximum atomic E-state index is 15.2. The molecule has 27 heavy (non-hydrogen) atoms. The largest absolute Gasteiger partial charge is 0.357 e. The summed E-state index contributed by atoms with van der Waals surface area (Å²) < 4.78 is 42.1. The summed E-state index contributed by atoms with van der Waals surface area (Å²) in [6, 6.07) is -1.48. The van der Waals surface area contributed by atoms with E-state index in [1.165, 1.54) is 0 Å². The highest BCUT2D eigenvalue weighted by Gasteiger charge is 2.45. The molecular weight excluding hydrogens is 377 g/mol. The van der Waals surface area contributed by atoms with Gasteiger partial charge in [-0.25, -0.2) is 0 Å². The summed E-state index contributed by atoms with van der Waals surface area (Å²) in [5.41, 5.74) is 2.49. The Labute approximate surface area is 155 Å². The lowest BCUT2D eigenvalue weighted by molar-refractivity contribution is -0.120. The Balaban J connectivity index is 1.76. The van der Waals surface area contributed by atoms with Crippen LogP contribution < -0.4 is 5.32 Å². The van der Waals surface area contributed by atoms with Gasteiger partial charge in [-0.15, -0.1) is 0 Å². The third-order valence-electron chi connectivity index (χ3n) is 4.72. The predicted molar refractivity (Wildman–Crippen MR) is 97.4 cm³/mol. The van der Waals surface area contributed by atoms with Gasteiger partial charge in [-0.05, 0) is 49.1 Å². The third-order valence-corrected chi connectivity index (χ3v) is 5.52. The number of fused-ring (bicyclic) bond motifs is 2. The minimum Gasteiger partial charge on any atom is -0.355 e. The van der Waals surface area contributed by atoms with Crippen molar-refractivity contribution in [1.82, 2.24) is 9.88 Å². The van der Waals surface area contributed by atoms with Gasteiger partial charge in [0.15, 0.2) is 0 Å². The zero-order valence-corrected chi connectivity index (χ0v) is 15.9. The van der Waals surface area contributed by atoms with E-state index in [1.54, 1.807) is 38.1 Å². The average Bonchev–Trinajstić information content (AvgIpc) is 3.06. The molecule has 1 aliphatic carbocycles. The molecule has 0 aromatic carbocycles. The summed E-state index contributed by atoms with van der Waals surface area (Å²) in [5, 5.41) is 2.40. The van der Waals surface area contributed by atoms with Gasteiger partial charge in [0.25, 0.3) is 0 Å². The summed E-state index contributed by atoms with van der Waals surface area (Å²) >= 11 is 0. The molecule has 1 aromatic heterocycles. The summed E-state index contributed by atoms with van der Waals surface area (Å²) in [5.74, 6) is -0.435. The first kappa shape index (κ1) is 19.7. The molecule has 6 nitrogen and oxygen atoms in total. The number of aromatic nitrogens is 1. The Morgan fingerprint density at radius 1 is 1.30 bits per heavy atom. The Morgan fingerprint density at radius 2 is 2.00 bits per heavy atom. The maximum Gasteiger partial charge on any atom is 0.357 e. The van der Waals surface area contributed by atoms with Gasteiger partial charge in [-0.3, -0.25) is 13.9 Å². The van der Waals surface area contributed by atoms with Crippen LogP contribution in [0.3, 0.4) is 0 Å². The molecule has 0 radical (unpaired) electrons. The summed E-state index contributed by atoms with van der Waals surface area (Å²) in [6.07, 6.45) is 4.61. The van der Waals surface area contributed by atoms with Crippen LogP contribution in [0.2, 0.25) is 0 Å². The molecule has 0 fully saturated rings. The van der Waals surface area contributed by atoms with Crippen LogP contribution in [0.4, 0.5) is 8.78 Å². The number of hydrogen-bond donors (Lipinski definition) is 3. The smallest absolute Gasteiger partial charge is 0.355 e. The number of halogens is 2. The molecule has 0 saturated carbocycles. The fourth-order valence-corrected chi connectivity index (χ4v) is 3.95. The Hall–Kier alpha value is -2.02. The molecule has 1 aromatic rings. The number of carbonyl (C=O) groups is 1. The number of allylic oxidation sites excluding steroid dienone is 5. The number of carbonyl (C=O) groups excluding carboxylic acids is 1. The molecule has 1 aliphatic heterocycles. The van der Waals surface area contributed by atoms with E-state index in [1.807, 2.05) is 0 Å². The predicted octanol–water partition coefficient (Wildman–Crippen LogP) is 2.99. The van der Waals surface area contributed by atoms with Crippen LogP contribution in [-0.4, -0.2) is 33.0 Å². The number of amides is 1. The molecule has 0 atom stereocenters. The molecule has 146 valence electrons. The van der Waals surface area contributed by atoms with E-state index in [4.69, 9.17) is 9.79 Å². The van der Waals surface area contributed by atoms with Gasteiger partial charge >= 0.3 is 13.6 Å². The van der Waals surface area contributed by atoms with E-state index in [0.717, 1.165) is 10.1 Å². The highest BCUT2D eigenvalue weighted by Crippen LogP contribution is 2.48. The van der Waals surface area contributed by atoms with E-state index >= 15 is 8.78 Å². The number of rotatable bonds is 6. The molecule has 0 bridgehead atoms. The van der Waals surface area contributed by atoms with E-state index in [2.05, 4.69) is 5.32 Å². The van der Waals surface area contributed by atoms with Crippen molar-refractivity contribution in [3.8, 4) is 0 Å². The van der Waals surface area contributed by atoms with Gasteiger partial charge in [0, 0.05) is 18.7 Å². The topological polar surface area (TPSA) is 91.6 Å². The summed E-state index contributed by atoms with van der Waals surface area (Å²) in [6.45, 7) is 3.28. The monoisotopic (exact) mass is 398 g/mol. The Bertz CT molecular complexity index is 937. The van der Waals surface area contributed by atoms with Crippen LogP contribution in [-0.2, 0) is 15.4 Å². The molecule has 1 amide bonds. The fraction of sp³-hybridized carbons (Fsp3) is 0.389. The van der Waals surface area contributed by atoms with Gasteiger partial charge in [-0.2, -0.15) is 8.78 Å². The highest BCUT2D eigenvalue weighted by atomic mass is 31.2. The first-order valence-electron chi connectivity index (χ1n) is 8.53. The second-order valence-corrected chi connectivity index (χ2v) is 8.58. The van der Waals surface area contributed by atoms with Crippen LogP contribution in [0.1, 0.15) is 29.8 Å². The van der Waals surface area contributed by atoms with Crippen LogP contribution in [0.15, 0.2) is 34.9 Å². The van der Waals surface area contributed by atoms with Gasteiger partial charge in [0.05, 0.1) is 17.4 Å². The van der Waals surface area contributed by atoms with Gasteiger partial charge in [0.2, 0.25) is 5.91 Å². The molecule has 0 spiro atoms. The number of nitrogens with one attached hydrogen (secondary N) is 1. The highest BCUT2D eigenvalue weighted by molar-refractivity contribution is 7.51. The standard InChI is InChI=1S/C18H21F2N2O4P/c1-11-9-12(2)22-15(11)10-14-4-3-13(17(14)18(22,19)20)5-6-16(23)21-7-8-27(24,25)26/h3-4,9-10H,5-8H2,1-2H3,(H,21,23)(H2,24,25,26). The fourth-order valence-electron chi connectivity index (χ4n) is 3.54. The van der Waals surface area contributed by atoms with E-state index in [-0.39, 0.29) is 25.0 Å². The van der Waals surface area contributed by atoms with Gasteiger partial charge in [0.1, 0.15) is 0 Å². The van der Waals surface area contributed by atoms with Crippen molar-refractivity contribution in [3.05, 3.63) is 51.9 Å². The lowest BCUT2D eigenvalue weighted by Crippen LogP contribution is -2.31. The quantitative estimate of drug-likeness (QED) is 0.643. The maximum absolute atomic E-state index is 15.2. The zero-order valence-electron chi connectivity index (χ0n) is 15.0. The number of alkyl halides is 2. The molecule has 0 unspecified atom stereocenters. The Morgan fingerprint density at radius 3 is 2.67 bits per heavy atom. The molecule has 2 aliphatic rings. The second kappa shape index (κ2) is 6.86. The minimum atomic E-state index is -4.18. The van der Waals surface area contributed by atoms with Crippen LogP contribution >= 0.6 is 7.60 Å². The van der Waals surface area contributed by atoms with Crippen molar-refractivity contribution in [2.45, 2.75) is 32.7 Å². The van der Waals surface area contributed by atoms with Gasteiger partial charge < -0.3 is 15.1 Å². The van der Waals surface area contributed by atoms with Crippen molar-refractivity contribution in [1.29, 1.82) is 0 Å². The van der Waals surface area contributed by atoms with Crippen molar-refractivity contribution < 1.29 is 27.9 Å². The molecular formula is C18H21F2N2O4P. The minimum absolute atomic E-state index is 0.0375. The molecule has 9 heteroatoms. The van der Waals surface area contributed by atoms with E-state index in [9.17, 15) is 9.36 Å². The Kier molecular flexibility index (Phi) is 5.01. The zero-order chi connectivity index (χ0) is 20.0.